The lowest BCUT2D eigenvalue weighted by molar-refractivity contribution is 0.0931. The first-order chi connectivity index (χ1) is 14.5. The maximum atomic E-state index is 14.1. The number of piperazine rings is 1. The van der Waals surface area contributed by atoms with Crippen LogP contribution in [0.5, 0.6) is 0 Å². The smallest absolute Gasteiger partial charge is 0.268 e. The van der Waals surface area contributed by atoms with Gasteiger partial charge in [-0.1, -0.05) is 18.2 Å². The number of aryl methyl sites for hydroxylation is 1. The van der Waals surface area contributed by atoms with Crippen LogP contribution in [0.25, 0.3) is 10.9 Å². The molecule has 0 aliphatic carbocycles. The Morgan fingerprint density at radius 2 is 1.83 bits per heavy atom. The molecule has 1 atom stereocenters. The number of fused-ring (bicyclic) bond motifs is 1. The molecule has 1 N–H and O–H groups in total. The number of para-hydroxylation sites is 1. The van der Waals surface area contributed by atoms with Crippen LogP contribution in [0, 0.1) is 5.82 Å². The van der Waals surface area contributed by atoms with Gasteiger partial charge in [-0.15, -0.1) is 0 Å². The minimum atomic E-state index is -0.314. The lowest BCUT2D eigenvalue weighted by atomic mass is 10.0. The Balaban J connectivity index is 1.60. The summed E-state index contributed by atoms with van der Waals surface area (Å²) in [5.74, 6) is -0.430. The zero-order valence-electron chi connectivity index (χ0n) is 17.9. The molecular formula is C24H29FN4O. The SMILES string of the molecule is CCn1c(C(=O)NC(C)c2cc(F)ccc2N2CCN(C)CC2)cc2ccccc21. The molecule has 1 aliphatic rings. The molecule has 4 rings (SSSR count). The predicted molar refractivity (Wildman–Crippen MR) is 120 cm³/mol. The number of aromatic nitrogens is 1. The second-order valence-corrected chi connectivity index (χ2v) is 8.02. The van der Waals surface area contributed by atoms with Gasteiger partial charge in [0.1, 0.15) is 11.5 Å². The van der Waals surface area contributed by atoms with Gasteiger partial charge in [0, 0.05) is 54.9 Å². The number of hydrogen-bond donors (Lipinski definition) is 1. The average Bonchev–Trinajstić information content (AvgIpc) is 3.13. The monoisotopic (exact) mass is 408 g/mol. The van der Waals surface area contributed by atoms with E-state index in [4.69, 9.17) is 0 Å². The summed E-state index contributed by atoms with van der Waals surface area (Å²) in [5.41, 5.74) is 3.48. The van der Waals surface area contributed by atoms with E-state index in [0.29, 0.717) is 12.2 Å². The van der Waals surface area contributed by atoms with Gasteiger partial charge in [0.15, 0.2) is 0 Å². The van der Waals surface area contributed by atoms with E-state index in [1.165, 1.54) is 6.07 Å². The van der Waals surface area contributed by atoms with Crippen LogP contribution in [-0.4, -0.2) is 48.6 Å². The Bertz CT molecular complexity index is 1050. The summed E-state index contributed by atoms with van der Waals surface area (Å²) in [5, 5.41) is 4.14. The van der Waals surface area contributed by atoms with E-state index in [1.807, 2.05) is 54.8 Å². The van der Waals surface area contributed by atoms with Gasteiger partial charge in [-0.25, -0.2) is 4.39 Å². The first-order valence-electron chi connectivity index (χ1n) is 10.6. The molecule has 1 amide bonds. The Morgan fingerprint density at radius 3 is 2.57 bits per heavy atom. The van der Waals surface area contributed by atoms with Gasteiger partial charge < -0.3 is 19.7 Å². The van der Waals surface area contributed by atoms with Crippen LogP contribution in [0.3, 0.4) is 0 Å². The second kappa shape index (κ2) is 8.48. The number of hydrogen-bond acceptors (Lipinski definition) is 3. The van der Waals surface area contributed by atoms with Crippen molar-refractivity contribution in [3.05, 3.63) is 65.6 Å². The molecule has 1 aromatic heterocycles. The third-order valence-corrected chi connectivity index (χ3v) is 6.01. The fraction of sp³-hybridized carbons (Fsp3) is 0.375. The van der Waals surface area contributed by atoms with Crippen LogP contribution < -0.4 is 10.2 Å². The van der Waals surface area contributed by atoms with E-state index in [0.717, 1.165) is 48.3 Å². The van der Waals surface area contributed by atoms with E-state index in [2.05, 4.69) is 22.2 Å². The Kier molecular flexibility index (Phi) is 5.77. The molecule has 0 bridgehead atoms. The van der Waals surface area contributed by atoms with Gasteiger partial charge in [0.2, 0.25) is 0 Å². The molecule has 0 radical (unpaired) electrons. The normalized spacial score (nSPS) is 16.1. The highest BCUT2D eigenvalue weighted by molar-refractivity contribution is 5.99. The largest absolute Gasteiger partial charge is 0.369 e. The van der Waals surface area contributed by atoms with E-state index in [9.17, 15) is 9.18 Å². The summed E-state index contributed by atoms with van der Waals surface area (Å²) in [6.45, 7) is 8.37. The number of carbonyl (C=O) groups excluding carboxylic acids is 1. The Morgan fingerprint density at radius 1 is 1.10 bits per heavy atom. The molecule has 2 heterocycles. The number of nitrogens with zero attached hydrogens (tertiary/aromatic N) is 3. The number of benzene rings is 2. The van der Waals surface area contributed by atoms with Crippen LogP contribution in [-0.2, 0) is 6.54 Å². The van der Waals surface area contributed by atoms with E-state index < -0.39 is 0 Å². The molecule has 1 fully saturated rings. The molecule has 2 aromatic carbocycles. The number of carbonyl (C=O) groups is 1. The van der Waals surface area contributed by atoms with Gasteiger partial charge >= 0.3 is 0 Å². The van der Waals surface area contributed by atoms with Crippen molar-refractivity contribution in [2.45, 2.75) is 26.4 Å². The third-order valence-electron chi connectivity index (χ3n) is 6.01. The molecular weight excluding hydrogens is 379 g/mol. The second-order valence-electron chi connectivity index (χ2n) is 8.02. The van der Waals surface area contributed by atoms with Crippen molar-refractivity contribution in [2.75, 3.05) is 38.1 Å². The maximum absolute atomic E-state index is 14.1. The van der Waals surface area contributed by atoms with Crippen LogP contribution in [0.2, 0.25) is 0 Å². The summed E-state index contributed by atoms with van der Waals surface area (Å²) in [6.07, 6.45) is 0. The topological polar surface area (TPSA) is 40.5 Å². The summed E-state index contributed by atoms with van der Waals surface area (Å²) >= 11 is 0. The van der Waals surface area contributed by atoms with Crippen LogP contribution >= 0.6 is 0 Å². The van der Waals surface area contributed by atoms with Crippen molar-refractivity contribution in [3.63, 3.8) is 0 Å². The average molecular weight is 409 g/mol. The molecule has 0 spiro atoms. The number of nitrogens with one attached hydrogen (secondary N) is 1. The maximum Gasteiger partial charge on any atom is 0.268 e. The van der Waals surface area contributed by atoms with Gasteiger partial charge in [-0.2, -0.15) is 0 Å². The number of amides is 1. The van der Waals surface area contributed by atoms with E-state index >= 15 is 0 Å². The fourth-order valence-corrected chi connectivity index (χ4v) is 4.30. The lowest BCUT2D eigenvalue weighted by Crippen LogP contribution is -2.45. The van der Waals surface area contributed by atoms with Crippen molar-refractivity contribution >= 4 is 22.5 Å². The lowest BCUT2D eigenvalue weighted by Gasteiger charge is -2.36. The molecule has 6 heteroatoms. The minimum Gasteiger partial charge on any atom is -0.369 e. The molecule has 5 nitrogen and oxygen atoms in total. The summed E-state index contributed by atoms with van der Waals surface area (Å²) in [6, 6.07) is 14.5. The molecule has 1 aliphatic heterocycles. The van der Waals surface area contributed by atoms with Crippen LogP contribution in [0.4, 0.5) is 10.1 Å². The number of rotatable bonds is 5. The number of likely N-dealkylation sites (N-methyl/N-ethyl adjacent to an activating group) is 1. The zero-order chi connectivity index (χ0) is 21.3. The van der Waals surface area contributed by atoms with Crippen LogP contribution in [0.1, 0.15) is 35.9 Å². The molecule has 158 valence electrons. The molecule has 1 unspecified atom stereocenters. The van der Waals surface area contributed by atoms with Crippen LogP contribution in [0.15, 0.2) is 48.5 Å². The molecule has 1 saturated heterocycles. The minimum absolute atomic E-state index is 0.144. The van der Waals surface area contributed by atoms with Crippen molar-refractivity contribution in [2.24, 2.45) is 0 Å². The summed E-state index contributed by atoms with van der Waals surface area (Å²) < 4.78 is 16.1. The number of halogens is 1. The van der Waals surface area contributed by atoms with Crippen molar-refractivity contribution in [1.29, 1.82) is 0 Å². The first-order valence-corrected chi connectivity index (χ1v) is 10.6. The van der Waals surface area contributed by atoms with Gasteiger partial charge in [0.05, 0.1) is 6.04 Å². The molecule has 3 aromatic rings. The fourth-order valence-electron chi connectivity index (χ4n) is 4.30. The van der Waals surface area contributed by atoms with Gasteiger partial charge in [-0.05, 0) is 51.2 Å². The standard InChI is InChI=1S/C24H29FN4O/c1-4-29-21-8-6-5-7-18(21)15-23(29)24(30)26-17(2)20-16-19(25)9-10-22(20)28-13-11-27(3)12-14-28/h5-10,15-17H,4,11-14H2,1-3H3,(H,26,30). The highest BCUT2D eigenvalue weighted by Crippen LogP contribution is 2.29. The Hall–Kier alpha value is -2.86. The van der Waals surface area contributed by atoms with E-state index in [1.54, 1.807) is 6.07 Å². The predicted octanol–water partition coefficient (Wildman–Crippen LogP) is 4.04. The van der Waals surface area contributed by atoms with E-state index in [-0.39, 0.29) is 17.8 Å². The zero-order valence-corrected chi connectivity index (χ0v) is 17.9. The molecule has 0 saturated carbocycles. The van der Waals surface area contributed by atoms with Crippen molar-refractivity contribution in [3.8, 4) is 0 Å². The summed E-state index contributed by atoms with van der Waals surface area (Å²) in [4.78, 5) is 17.7. The number of anilines is 1. The van der Waals surface area contributed by atoms with Gasteiger partial charge in [0.25, 0.3) is 5.91 Å². The first kappa shape index (κ1) is 20.4. The van der Waals surface area contributed by atoms with Crippen molar-refractivity contribution in [1.82, 2.24) is 14.8 Å². The van der Waals surface area contributed by atoms with Crippen molar-refractivity contribution < 1.29 is 9.18 Å². The third kappa shape index (κ3) is 3.92. The Labute approximate surface area is 177 Å². The summed E-state index contributed by atoms with van der Waals surface area (Å²) in [7, 11) is 2.11. The highest BCUT2D eigenvalue weighted by Gasteiger charge is 2.23. The van der Waals surface area contributed by atoms with Gasteiger partial charge in [-0.3, -0.25) is 4.79 Å². The quantitative estimate of drug-likeness (QED) is 0.693. The molecule has 30 heavy (non-hydrogen) atoms. The highest BCUT2D eigenvalue weighted by atomic mass is 19.1.